The molecule has 0 amide bonds. The zero-order valence-electron chi connectivity index (χ0n) is 11.1. The van der Waals surface area contributed by atoms with Gasteiger partial charge < -0.3 is 10.1 Å². The van der Waals surface area contributed by atoms with Crippen LogP contribution in [0.15, 0.2) is 40.9 Å². The van der Waals surface area contributed by atoms with E-state index in [1.165, 1.54) is 0 Å². The molecule has 0 saturated carbocycles. The first-order chi connectivity index (χ1) is 9.58. The normalized spacial score (nSPS) is 12.2. The van der Waals surface area contributed by atoms with Crippen molar-refractivity contribution in [1.29, 1.82) is 0 Å². The molecular weight excluding hydrogens is 345 g/mol. The molecule has 1 atom stereocenters. The fourth-order valence-corrected chi connectivity index (χ4v) is 2.54. The second-order valence-corrected chi connectivity index (χ2v) is 5.49. The average molecular weight is 359 g/mol. The Hall–Kier alpha value is -1.10. The van der Waals surface area contributed by atoms with E-state index in [-0.39, 0.29) is 11.1 Å². The number of rotatable bonds is 4. The third kappa shape index (κ3) is 2.97. The molecule has 0 aliphatic heterocycles. The summed E-state index contributed by atoms with van der Waals surface area (Å²) in [5.74, 6) is 0.342. The fourth-order valence-electron chi connectivity index (χ4n) is 2.06. The molecule has 0 aromatic heterocycles. The van der Waals surface area contributed by atoms with Crippen LogP contribution < -0.4 is 10.1 Å². The van der Waals surface area contributed by atoms with Gasteiger partial charge in [-0.25, -0.2) is 4.39 Å². The number of hydrogen-bond acceptors (Lipinski definition) is 2. The molecule has 0 fully saturated rings. The Bertz CT molecular complexity index is 604. The van der Waals surface area contributed by atoms with E-state index in [2.05, 4.69) is 21.2 Å². The van der Waals surface area contributed by atoms with E-state index in [1.54, 1.807) is 26.3 Å². The number of hydrogen-bond donors (Lipinski definition) is 1. The first-order valence-corrected chi connectivity index (χ1v) is 7.20. The molecule has 2 aromatic rings. The molecule has 106 valence electrons. The minimum Gasteiger partial charge on any atom is -0.497 e. The van der Waals surface area contributed by atoms with Crippen LogP contribution in [-0.2, 0) is 0 Å². The van der Waals surface area contributed by atoms with E-state index in [9.17, 15) is 4.39 Å². The van der Waals surface area contributed by atoms with Crippen LogP contribution in [0.5, 0.6) is 5.75 Å². The molecule has 20 heavy (non-hydrogen) atoms. The summed E-state index contributed by atoms with van der Waals surface area (Å²) in [6.45, 7) is 0. The molecule has 2 rings (SSSR count). The lowest BCUT2D eigenvalue weighted by molar-refractivity contribution is 0.414. The van der Waals surface area contributed by atoms with Crippen molar-refractivity contribution >= 4 is 27.5 Å². The molecule has 0 aliphatic carbocycles. The summed E-state index contributed by atoms with van der Waals surface area (Å²) in [6, 6.07) is 10.7. The van der Waals surface area contributed by atoms with E-state index < -0.39 is 5.82 Å². The minimum absolute atomic E-state index is 0.0938. The van der Waals surface area contributed by atoms with E-state index in [1.807, 2.05) is 24.3 Å². The highest BCUT2D eigenvalue weighted by atomic mass is 79.9. The van der Waals surface area contributed by atoms with Crippen LogP contribution in [0.1, 0.15) is 17.2 Å². The fraction of sp³-hybridized carbons (Fsp3) is 0.200. The zero-order chi connectivity index (χ0) is 14.7. The van der Waals surface area contributed by atoms with Gasteiger partial charge in [0.2, 0.25) is 0 Å². The van der Waals surface area contributed by atoms with Crippen molar-refractivity contribution in [2.45, 2.75) is 6.04 Å². The second kappa shape index (κ2) is 6.57. The first-order valence-electron chi connectivity index (χ1n) is 6.03. The smallest absolute Gasteiger partial charge is 0.148 e. The highest BCUT2D eigenvalue weighted by Gasteiger charge is 2.19. The van der Waals surface area contributed by atoms with Gasteiger partial charge in [-0.2, -0.15) is 0 Å². The maximum Gasteiger partial charge on any atom is 0.148 e. The van der Waals surface area contributed by atoms with Crippen molar-refractivity contribution in [3.05, 3.63) is 62.8 Å². The van der Waals surface area contributed by atoms with Gasteiger partial charge in [-0.05, 0) is 46.7 Å². The molecule has 2 nitrogen and oxygen atoms in total. The van der Waals surface area contributed by atoms with Gasteiger partial charge in [0.05, 0.1) is 18.2 Å². The lowest BCUT2D eigenvalue weighted by Crippen LogP contribution is -2.19. The van der Waals surface area contributed by atoms with E-state index >= 15 is 0 Å². The van der Waals surface area contributed by atoms with Gasteiger partial charge in [0.15, 0.2) is 0 Å². The van der Waals surface area contributed by atoms with Crippen molar-refractivity contribution in [2.75, 3.05) is 14.2 Å². The number of benzene rings is 2. The monoisotopic (exact) mass is 357 g/mol. The Labute approximate surface area is 131 Å². The standard InChI is InChI=1S/C15H14BrClFNO/c1-19-15(9-3-5-10(20-2)6-4-9)11-7-8-12(16)13(17)14(11)18/h3-8,15,19H,1-2H3. The predicted octanol–water partition coefficient (Wildman–Crippen LogP) is 4.56. The van der Waals surface area contributed by atoms with Gasteiger partial charge in [-0.1, -0.05) is 29.8 Å². The van der Waals surface area contributed by atoms with Gasteiger partial charge in [0, 0.05) is 10.0 Å². The average Bonchev–Trinajstić information content (AvgIpc) is 2.48. The molecule has 2 aromatic carbocycles. The Balaban J connectivity index is 2.44. The molecule has 1 N–H and O–H groups in total. The van der Waals surface area contributed by atoms with Crippen LogP contribution in [0.25, 0.3) is 0 Å². The van der Waals surface area contributed by atoms with Crippen LogP contribution in [0, 0.1) is 5.82 Å². The van der Waals surface area contributed by atoms with E-state index in [4.69, 9.17) is 16.3 Å². The van der Waals surface area contributed by atoms with Gasteiger partial charge in [-0.3, -0.25) is 0 Å². The first kappa shape index (κ1) is 15.3. The summed E-state index contributed by atoms with van der Waals surface area (Å²) >= 11 is 9.17. The molecule has 5 heteroatoms. The SMILES string of the molecule is CNC(c1ccc(OC)cc1)c1ccc(Br)c(Cl)c1F. The van der Waals surface area contributed by atoms with Gasteiger partial charge in [0.25, 0.3) is 0 Å². The quantitative estimate of drug-likeness (QED) is 0.809. The molecule has 0 bridgehead atoms. The topological polar surface area (TPSA) is 21.3 Å². The van der Waals surface area contributed by atoms with Crippen molar-refractivity contribution in [3.63, 3.8) is 0 Å². The van der Waals surface area contributed by atoms with E-state index in [0.717, 1.165) is 11.3 Å². The minimum atomic E-state index is -0.420. The maximum atomic E-state index is 14.3. The third-order valence-corrected chi connectivity index (χ3v) is 4.37. The van der Waals surface area contributed by atoms with Crippen molar-refractivity contribution in [3.8, 4) is 5.75 Å². The van der Waals surface area contributed by atoms with Gasteiger partial charge in [-0.15, -0.1) is 0 Å². The lowest BCUT2D eigenvalue weighted by atomic mass is 9.98. The highest BCUT2D eigenvalue weighted by molar-refractivity contribution is 9.10. The summed E-state index contributed by atoms with van der Waals surface area (Å²) < 4.78 is 20.0. The Morgan fingerprint density at radius 3 is 2.40 bits per heavy atom. The van der Waals surface area contributed by atoms with Gasteiger partial charge >= 0.3 is 0 Å². The van der Waals surface area contributed by atoms with Crippen molar-refractivity contribution < 1.29 is 9.13 Å². The molecule has 0 aliphatic rings. The van der Waals surface area contributed by atoms with Gasteiger partial charge in [0.1, 0.15) is 11.6 Å². The predicted molar refractivity (Wildman–Crippen MR) is 83.0 cm³/mol. The molecule has 0 saturated heterocycles. The molecular formula is C15H14BrClFNO. The Morgan fingerprint density at radius 1 is 1.20 bits per heavy atom. The van der Waals surface area contributed by atoms with Crippen LogP contribution in [0.3, 0.4) is 0 Å². The zero-order valence-corrected chi connectivity index (χ0v) is 13.4. The van der Waals surface area contributed by atoms with Crippen molar-refractivity contribution in [2.24, 2.45) is 0 Å². The Morgan fingerprint density at radius 2 is 1.85 bits per heavy atom. The largest absolute Gasteiger partial charge is 0.497 e. The van der Waals surface area contributed by atoms with Crippen LogP contribution in [-0.4, -0.2) is 14.2 Å². The summed E-state index contributed by atoms with van der Waals surface area (Å²) in [5.41, 5.74) is 1.44. The Kier molecular flexibility index (Phi) is 5.02. The molecule has 0 radical (unpaired) electrons. The van der Waals surface area contributed by atoms with Crippen LogP contribution in [0.2, 0.25) is 5.02 Å². The summed E-state index contributed by atoms with van der Waals surface area (Å²) in [7, 11) is 3.39. The summed E-state index contributed by atoms with van der Waals surface area (Å²) in [4.78, 5) is 0. The number of methoxy groups -OCH3 is 1. The number of halogens is 3. The van der Waals surface area contributed by atoms with Crippen LogP contribution >= 0.6 is 27.5 Å². The summed E-state index contributed by atoms with van der Waals surface area (Å²) in [6.07, 6.45) is 0. The molecule has 1 unspecified atom stereocenters. The third-order valence-electron chi connectivity index (χ3n) is 3.11. The molecule has 0 spiro atoms. The van der Waals surface area contributed by atoms with Crippen LogP contribution in [0.4, 0.5) is 4.39 Å². The lowest BCUT2D eigenvalue weighted by Gasteiger charge is -2.19. The van der Waals surface area contributed by atoms with Crippen molar-refractivity contribution in [1.82, 2.24) is 5.32 Å². The number of ether oxygens (including phenoxy) is 1. The molecule has 0 heterocycles. The number of nitrogens with one attached hydrogen (secondary N) is 1. The second-order valence-electron chi connectivity index (χ2n) is 4.26. The highest BCUT2D eigenvalue weighted by Crippen LogP contribution is 2.33. The maximum absolute atomic E-state index is 14.3. The summed E-state index contributed by atoms with van der Waals surface area (Å²) in [5, 5.41) is 3.20. The van der Waals surface area contributed by atoms with E-state index in [0.29, 0.717) is 10.0 Å².